The topological polar surface area (TPSA) is 6.48 Å². The summed E-state index contributed by atoms with van der Waals surface area (Å²) in [6.07, 6.45) is 17.7. The zero-order valence-corrected chi connectivity index (χ0v) is 31.6. The van der Waals surface area contributed by atoms with Crippen molar-refractivity contribution in [2.75, 3.05) is 16.5 Å². The van der Waals surface area contributed by atoms with Gasteiger partial charge in [-0.1, -0.05) is 178 Å². The molecular formula is C50H47BN2. The van der Waals surface area contributed by atoms with E-state index in [0.717, 1.165) is 6.67 Å². The van der Waals surface area contributed by atoms with Crippen molar-refractivity contribution in [1.82, 2.24) is 0 Å². The lowest BCUT2D eigenvalue weighted by Crippen LogP contribution is -2.51. The molecule has 5 aromatic rings. The molecule has 0 saturated heterocycles. The molecule has 3 heteroatoms. The number of fused-ring (bicyclic) bond motifs is 4. The molecule has 0 aromatic heterocycles. The van der Waals surface area contributed by atoms with E-state index in [2.05, 4.69) is 185 Å². The van der Waals surface area contributed by atoms with E-state index >= 15 is 0 Å². The van der Waals surface area contributed by atoms with Gasteiger partial charge < -0.3 is 9.80 Å². The van der Waals surface area contributed by atoms with Crippen molar-refractivity contribution < 1.29 is 0 Å². The van der Waals surface area contributed by atoms with Crippen LogP contribution < -0.4 is 15.3 Å². The van der Waals surface area contributed by atoms with E-state index in [1.807, 2.05) is 6.08 Å². The Bertz CT molecular complexity index is 2500. The Morgan fingerprint density at radius 3 is 2.40 bits per heavy atom. The Hall–Kier alpha value is -5.54. The van der Waals surface area contributed by atoms with Crippen LogP contribution in [-0.4, -0.2) is 13.4 Å². The van der Waals surface area contributed by atoms with Crippen LogP contribution >= 0.6 is 0 Å². The molecule has 2 nitrogen and oxygen atoms in total. The van der Waals surface area contributed by atoms with Crippen LogP contribution in [0.3, 0.4) is 0 Å². The minimum atomic E-state index is -0.0247. The van der Waals surface area contributed by atoms with E-state index in [-0.39, 0.29) is 29.9 Å². The van der Waals surface area contributed by atoms with Gasteiger partial charge in [-0.2, -0.15) is 0 Å². The van der Waals surface area contributed by atoms with Gasteiger partial charge in [-0.25, -0.2) is 0 Å². The molecule has 53 heavy (non-hydrogen) atoms. The lowest BCUT2D eigenvalue weighted by atomic mass is 9.32. The smallest absolute Gasteiger partial charge is 0.241 e. The molecule has 9 rings (SSSR count). The molecule has 0 N–H and O–H groups in total. The highest BCUT2D eigenvalue weighted by Gasteiger charge is 2.53. The van der Waals surface area contributed by atoms with Crippen LogP contribution in [0.25, 0.3) is 21.5 Å². The summed E-state index contributed by atoms with van der Waals surface area (Å²) in [7, 11) is 0. The zero-order chi connectivity index (χ0) is 36.6. The van der Waals surface area contributed by atoms with Gasteiger partial charge in [-0.05, 0) is 69.7 Å². The minimum absolute atomic E-state index is 0.0247. The fraction of sp³-hybridized carbons (Fsp3) is 0.200. The second-order valence-electron chi connectivity index (χ2n) is 16.2. The maximum absolute atomic E-state index is 4.76. The molecule has 5 aromatic carbocycles. The van der Waals surface area contributed by atoms with Crippen LogP contribution in [0.4, 0.5) is 17.1 Å². The van der Waals surface area contributed by atoms with Gasteiger partial charge in [0.25, 0.3) is 0 Å². The Kier molecular flexibility index (Phi) is 7.89. The van der Waals surface area contributed by atoms with Crippen LogP contribution in [-0.2, 0) is 5.41 Å². The summed E-state index contributed by atoms with van der Waals surface area (Å²) in [5.74, 6) is 0.532. The first-order valence-corrected chi connectivity index (χ1v) is 19.1. The van der Waals surface area contributed by atoms with Crippen LogP contribution in [0.1, 0.15) is 50.3 Å². The molecule has 0 amide bonds. The lowest BCUT2D eigenvalue weighted by molar-refractivity contribution is 0.509. The van der Waals surface area contributed by atoms with E-state index in [0.29, 0.717) is 0 Å². The molecule has 0 saturated carbocycles. The molecule has 2 heterocycles. The third-order valence-electron chi connectivity index (χ3n) is 12.3. The minimum Gasteiger partial charge on any atom is -0.327 e. The Labute approximate surface area is 315 Å². The van der Waals surface area contributed by atoms with Crippen LogP contribution in [0.5, 0.6) is 0 Å². The van der Waals surface area contributed by atoms with E-state index in [1.54, 1.807) is 0 Å². The van der Waals surface area contributed by atoms with Gasteiger partial charge in [0.05, 0.1) is 12.4 Å². The maximum Gasteiger partial charge on any atom is 0.241 e. The molecule has 0 fully saturated rings. The predicted octanol–water partition coefficient (Wildman–Crippen LogP) is 12.0. The van der Waals surface area contributed by atoms with Crippen molar-refractivity contribution in [3.8, 4) is 0 Å². The molecule has 260 valence electrons. The fourth-order valence-corrected chi connectivity index (χ4v) is 10.0. The van der Waals surface area contributed by atoms with Crippen molar-refractivity contribution in [1.29, 1.82) is 0 Å². The first-order chi connectivity index (χ1) is 25.7. The second-order valence-corrected chi connectivity index (χ2v) is 16.2. The summed E-state index contributed by atoms with van der Waals surface area (Å²) < 4.78 is 0. The molecule has 3 atom stereocenters. The molecule has 0 radical (unpaired) electrons. The van der Waals surface area contributed by atoms with Crippen LogP contribution in [0, 0.1) is 18.8 Å². The van der Waals surface area contributed by atoms with Gasteiger partial charge in [-0.3, -0.25) is 0 Å². The van der Waals surface area contributed by atoms with E-state index in [1.165, 1.54) is 83.0 Å². The van der Waals surface area contributed by atoms with Crippen molar-refractivity contribution in [3.63, 3.8) is 0 Å². The number of rotatable bonds is 5. The molecule has 2 aliphatic carbocycles. The molecular weight excluding hydrogens is 639 g/mol. The average Bonchev–Trinajstić information content (AvgIpc) is 3.39. The van der Waals surface area contributed by atoms with E-state index in [9.17, 15) is 0 Å². The summed E-state index contributed by atoms with van der Waals surface area (Å²) >= 11 is 0. The summed E-state index contributed by atoms with van der Waals surface area (Å²) in [5, 5.41) is 5.27. The first kappa shape index (κ1) is 33.3. The monoisotopic (exact) mass is 686 g/mol. The Morgan fingerprint density at radius 2 is 1.64 bits per heavy atom. The van der Waals surface area contributed by atoms with Crippen LogP contribution in [0.15, 0.2) is 175 Å². The Balaban J connectivity index is 1.39. The molecule has 2 aliphatic heterocycles. The third-order valence-corrected chi connectivity index (χ3v) is 12.3. The summed E-state index contributed by atoms with van der Waals surface area (Å²) in [4.78, 5) is 5.35. The molecule has 3 unspecified atom stereocenters. The highest BCUT2D eigenvalue weighted by atomic mass is 15.3. The van der Waals surface area contributed by atoms with Crippen molar-refractivity contribution >= 4 is 50.8 Å². The van der Waals surface area contributed by atoms with Gasteiger partial charge in [0, 0.05) is 40.2 Å². The number of aryl methyl sites for hydroxylation is 1. The lowest BCUT2D eigenvalue weighted by Gasteiger charge is -2.47. The Morgan fingerprint density at radius 1 is 0.868 bits per heavy atom. The van der Waals surface area contributed by atoms with Crippen LogP contribution in [0.2, 0.25) is 0 Å². The summed E-state index contributed by atoms with van der Waals surface area (Å²) in [6, 6.07) is 34.4. The average molecular weight is 687 g/mol. The number of nitrogens with zero attached hydrogens (tertiary/aromatic N) is 2. The van der Waals surface area contributed by atoms with E-state index in [4.69, 9.17) is 6.58 Å². The molecule has 0 bridgehead atoms. The van der Waals surface area contributed by atoms with Crippen molar-refractivity contribution in [2.24, 2.45) is 11.8 Å². The number of anilines is 3. The zero-order valence-electron chi connectivity index (χ0n) is 31.6. The normalized spacial score (nSPS) is 20.8. The van der Waals surface area contributed by atoms with Gasteiger partial charge >= 0.3 is 0 Å². The predicted molar refractivity (Wildman–Crippen MR) is 230 cm³/mol. The summed E-state index contributed by atoms with van der Waals surface area (Å²) in [5.41, 5.74) is 14.7. The quantitative estimate of drug-likeness (QED) is 0.134. The molecule has 0 spiro atoms. The van der Waals surface area contributed by atoms with Gasteiger partial charge in [0.2, 0.25) is 6.71 Å². The third kappa shape index (κ3) is 5.01. The number of hydrogen-bond donors (Lipinski definition) is 0. The summed E-state index contributed by atoms with van der Waals surface area (Å²) in [6.45, 7) is 21.2. The van der Waals surface area contributed by atoms with E-state index < -0.39 is 0 Å². The maximum atomic E-state index is 4.76. The van der Waals surface area contributed by atoms with Gasteiger partial charge in [0.15, 0.2) is 0 Å². The highest BCUT2D eigenvalue weighted by Crippen LogP contribution is 2.59. The van der Waals surface area contributed by atoms with Crippen molar-refractivity contribution in [3.05, 3.63) is 192 Å². The highest BCUT2D eigenvalue weighted by molar-refractivity contribution is 6.88. The van der Waals surface area contributed by atoms with Gasteiger partial charge in [-0.15, -0.1) is 0 Å². The second kappa shape index (κ2) is 12.6. The largest absolute Gasteiger partial charge is 0.327 e. The van der Waals surface area contributed by atoms with Gasteiger partial charge in [0.1, 0.15) is 0 Å². The fourth-order valence-electron chi connectivity index (χ4n) is 10.0. The molecule has 4 aliphatic rings. The first-order valence-electron chi connectivity index (χ1n) is 19.1. The standard InChI is InChI=1S/C50H47BN2/c1-8-10-23-36(9-2)51-41-29-28-35-22-18-27-42-45(35)48(41)53(31-52(42)43-30-40(50(5,6)7)38-25-17-16-24-37(38)33(43)4)49-46(34-20-12-11-13-21-34)44-32(3)19-14-15-26-39(44)47(49)51/h8-30,39,44,46H,1,3,31H2,2,4-7H3/b23-10-,36-9+. The SMILES string of the molecule is C=C/C=C\C(=C/C)B1C2=C(C(c3ccccc3)C3C(=C)C=CC=CC23)N2CN(c3cc(C(C)(C)C)c4ccccc4c3C)c3cccc4ccc1c2c34. The van der Waals surface area contributed by atoms with Crippen molar-refractivity contribution in [2.45, 2.75) is 46.0 Å². The number of allylic oxidation sites excluding steroid dienone is 12. The number of hydrogen-bond acceptors (Lipinski definition) is 2. The number of benzene rings is 5.